The molecule has 0 bridgehead atoms. The van der Waals surface area contributed by atoms with E-state index in [4.69, 9.17) is 0 Å². The standard InChI is InChI=1S/C17H13NO2.C2H6/c19-16-11-13-7-5-4-6-12(13)10-15(16)17(20)18-14-8-2-1-3-9-14;1-2/h1-11,19H,(H,18,20);1-2H3. The fraction of sp³-hybridized carbons (Fsp3) is 0.105. The van der Waals surface area contributed by atoms with E-state index in [-0.39, 0.29) is 17.2 Å². The Morgan fingerprint density at radius 1 is 0.864 bits per heavy atom. The quantitative estimate of drug-likeness (QED) is 0.711. The number of para-hydroxylation sites is 1. The van der Waals surface area contributed by atoms with E-state index in [1.807, 2.05) is 56.3 Å². The van der Waals surface area contributed by atoms with E-state index in [0.29, 0.717) is 5.69 Å². The van der Waals surface area contributed by atoms with Crippen LogP contribution in [0, 0.1) is 0 Å². The Morgan fingerprint density at radius 3 is 2.05 bits per heavy atom. The van der Waals surface area contributed by atoms with Crippen LogP contribution in [0.2, 0.25) is 0 Å². The van der Waals surface area contributed by atoms with Gasteiger partial charge in [0.05, 0.1) is 5.56 Å². The maximum Gasteiger partial charge on any atom is 0.259 e. The van der Waals surface area contributed by atoms with Crippen LogP contribution in [0.3, 0.4) is 0 Å². The Balaban J connectivity index is 0.000000847. The second-order valence-electron chi connectivity index (χ2n) is 4.54. The summed E-state index contributed by atoms with van der Waals surface area (Å²) in [5, 5.41) is 14.6. The number of rotatable bonds is 2. The second kappa shape index (κ2) is 7.27. The number of carbonyl (C=O) groups excluding carboxylic acids is 1. The molecule has 2 N–H and O–H groups in total. The molecule has 22 heavy (non-hydrogen) atoms. The predicted octanol–water partition coefficient (Wildman–Crippen LogP) is 4.82. The van der Waals surface area contributed by atoms with Crippen molar-refractivity contribution in [3.8, 4) is 5.75 Å². The molecule has 0 saturated heterocycles. The third-order valence-electron chi connectivity index (χ3n) is 3.14. The molecule has 3 rings (SSSR count). The SMILES string of the molecule is CC.O=C(Nc1ccccc1)c1cc2ccccc2cc1O. The highest BCUT2D eigenvalue weighted by molar-refractivity contribution is 6.08. The van der Waals surface area contributed by atoms with Gasteiger partial charge in [-0.05, 0) is 35.0 Å². The summed E-state index contributed by atoms with van der Waals surface area (Å²) in [6.07, 6.45) is 0. The van der Waals surface area contributed by atoms with Gasteiger partial charge in [-0.15, -0.1) is 0 Å². The summed E-state index contributed by atoms with van der Waals surface area (Å²) in [4.78, 5) is 12.2. The number of carbonyl (C=O) groups is 1. The lowest BCUT2D eigenvalue weighted by molar-refractivity contribution is 0.102. The van der Waals surface area contributed by atoms with Gasteiger partial charge in [0.1, 0.15) is 5.75 Å². The number of hydrogen-bond donors (Lipinski definition) is 2. The first-order valence-electron chi connectivity index (χ1n) is 7.32. The lowest BCUT2D eigenvalue weighted by Crippen LogP contribution is -2.11. The zero-order chi connectivity index (χ0) is 15.9. The summed E-state index contributed by atoms with van der Waals surface area (Å²) < 4.78 is 0. The van der Waals surface area contributed by atoms with Crippen LogP contribution in [0.5, 0.6) is 5.75 Å². The monoisotopic (exact) mass is 293 g/mol. The van der Waals surface area contributed by atoms with Crippen molar-refractivity contribution in [1.82, 2.24) is 0 Å². The summed E-state index contributed by atoms with van der Waals surface area (Å²) in [5.41, 5.74) is 0.970. The largest absolute Gasteiger partial charge is 0.507 e. The number of anilines is 1. The van der Waals surface area contributed by atoms with Gasteiger partial charge in [0.25, 0.3) is 5.91 Å². The number of amides is 1. The van der Waals surface area contributed by atoms with Gasteiger partial charge in [0, 0.05) is 5.69 Å². The molecule has 112 valence electrons. The summed E-state index contributed by atoms with van der Waals surface area (Å²) >= 11 is 0. The number of aromatic hydroxyl groups is 1. The molecule has 0 aromatic heterocycles. The highest BCUT2D eigenvalue weighted by atomic mass is 16.3. The Morgan fingerprint density at radius 2 is 1.41 bits per heavy atom. The molecule has 0 fully saturated rings. The average molecular weight is 293 g/mol. The summed E-state index contributed by atoms with van der Waals surface area (Å²) in [6, 6.07) is 20.1. The fourth-order valence-electron chi connectivity index (χ4n) is 2.13. The molecule has 0 spiro atoms. The van der Waals surface area contributed by atoms with Crippen molar-refractivity contribution in [2.24, 2.45) is 0 Å². The van der Waals surface area contributed by atoms with Crippen molar-refractivity contribution in [1.29, 1.82) is 0 Å². The number of fused-ring (bicyclic) bond motifs is 1. The summed E-state index contributed by atoms with van der Waals surface area (Å²) in [6.45, 7) is 4.00. The highest BCUT2D eigenvalue weighted by Gasteiger charge is 2.12. The number of nitrogens with one attached hydrogen (secondary N) is 1. The number of benzene rings is 3. The maximum absolute atomic E-state index is 12.2. The van der Waals surface area contributed by atoms with E-state index in [1.54, 1.807) is 24.3 Å². The minimum absolute atomic E-state index is 0.0165. The van der Waals surface area contributed by atoms with Gasteiger partial charge in [-0.25, -0.2) is 0 Å². The van der Waals surface area contributed by atoms with E-state index < -0.39 is 0 Å². The van der Waals surface area contributed by atoms with E-state index in [2.05, 4.69) is 5.32 Å². The van der Waals surface area contributed by atoms with Gasteiger partial charge < -0.3 is 10.4 Å². The number of phenolic OH excluding ortho intramolecular Hbond substituents is 1. The molecule has 3 heteroatoms. The molecule has 1 amide bonds. The Hall–Kier alpha value is -2.81. The molecule has 3 nitrogen and oxygen atoms in total. The van der Waals surface area contributed by atoms with Crippen LogP contribution in [0.1, 0.15) is 24.2 Å². The van der Waals surface area contributed by atoms with Crippen molar-refractivity contribution in [3.05, 3.63) is 72.3 Å². The van der Waals surface area contributed by atoms with Crippen LogP contribution >= 0.6 is 0 Å². The molecule has 0 aliphatic heterocycles. The third kappa shape index (κ3) is 3.44. The molecule has 0 unspecified atom stereocenters. The first-order chi connectivity index (χ1) is 10.7. The van der Waals surface area contributed by atoms with Crippen molar-refractivity contribution in [3.63, 3.8) is 0 Å². The molecule has 3 aromatic rings. The van der Waals surface area contributed by atoms with Crippen molar-refractivity contribution in [2.45, 2.75) is 13.8 Å². The zero-order valence-electron chi connectivity index (χ0n) is 12.7. The molecule has 3 aromatic carbocycles. The molecule has 0 atom stereocenters. The molecule has 0 aliphatic carbocycles. The first-order valence-corrected chi connectivity index (χ1v) is 7.32. The van der Waals surface area contributed by atoms with Crippen molar-refractivity contribution < 1.29 is 9.90 Å². The van der Waals surface area contributed by atoms with Crippen LogP contribution < -0.4 is 5.32 Å². The van der Waals surface area contributed by atoms with E-state index in [0.717, 1.165) is 10.8 Å². The highest BCUT2D eigenvalue weighted by Crippen LogP contribution is 2.25. The lowest BCUT2D eigenvalue weighted by atomic mass is 10.1. The van der Waals surface area contributed by atoms with Gasteiger partial charge in [0.2, 0.25) is 0 Å². The summed E-state index contributed by atoms with van der Waals surface area (Å²) in [5.74, 6) is -0.336. The molecular weight excluding hydrogens is 274 g/mol. The molecule has 0 aliphatic rings. The van der Waals surface area contributed by atoms with Gasteiger partial charge in [-0.2, -0.15) is 0 Å². The van der Waals surface area contributed by atoms with Crippen LogP contribution in [0.25, 0.3) is 10.8 Å². The fourth-order valence-corrected chi connectivity index (χ4v) is 2.13. The second-order valence-corrected chi connectivity index (χ2v) is 4.54. The molecule has 0 saturated carbocycles. The van der Waals surface area contributed by atoms with Crippen LogP contribution in [0.15, 0.2) is 66.7 Å². The predicted molar refractivity (Wildman–Crippen MR) is 91.4 cm³/mol. The minimum Gasteiger partial charge on any atom is -0.507 e. The average Bonchev–Trinajstić information content (AvgIpc) is 2.57. The third-order valence-corrected chi connectivity index (χ3v) is 3.14. The minimum atomic E-state index is -0.320. The van der Waals surface area contributed by atoms with Gasteiger partial charge in [-0.3, -0.25) is 4.79 Å². The molecule has 0 radical (unpaired) electrons. The van der Waals surface area contributed by atoms with E-state index in [9.17, 15) is 9.90 Å². The summed E-state index contributed by atoms with van der Waals surface area (Å²) in [7, 11) is 0. The molecular formula is C19H19NO2. The Kier molecular flexibility index (Phi) is 5.15. The van der Waals surface area contributed by atoms with Gasteiger partial charge in [-0.1, -0.05) is 56.3 Å². The lowest BCUT2D eigenvalue weighted by Gasteiger charge is -2.08. The van der Waals surface area contributed by atoms with Crippen molar-refractivity contribution >= 4 is 22.4 Å². The van der Waals surface area contributed by atoms with Crippen LogP contribution in [-0.2, 0) is 0 Å². The molecule has 0 heterocycles. The normalized spacial score (nSPS) is 9.73. The van der Waals surface area contributed by atoms with Gasteiger partial charge >= 0.3 is 0 Å². The Bertz CT molecular complexity index is 767. The van der Waals surface area contributed by atoms with E-state index >= 15 is 0 Å². The smallest absolute Gasteiger partial charge is 0.259 e. The maximum atomic E-state index is 12.2. The van der Waals surface area contributed by atoms with E-state index in [1.165, 1.54) is 0 Å². The van der Waals surface area contributed by atoms with Crippen molar-refractivity contribution in [2.75, 3.05) is 5.32 Å². The Labute approximate surface area is 130 Å². The zero-order valence-corrected chi connectivity index (χ0v) is 12.7. The van der Waals surface area contributed by atoms with Gasteiger partial charge in [0.15, 0.2) is 0 Å². The first kappa shape index (κ1) is 15.6. The van der Waals surface area contributed by atoms with Crippen LogP contribution in [0.4, 0.5) is 5.69 Å². The number of hydrogen-bond acceptors (Lipinski definition) is 2. The number of phenols is 1. The van der Waals surface area contributed by atoms with Crippen LogP contribution in [-0.4, -0.2) is 11.0 Å². The topological polar surface area (TPSA) is 49.3 Å².